The molecule has 1 aromatic heterocycles. The smallest absolute Gasteiger partial charge is 0.229 e. The van der Waals surface area contributed by atoms with Crippen LogP contribution in [0.4, 0.5) is 5.13 Å². The van der Waals surface area contributed by atoms with Crippen LogP contribution in [-0.4, -0.2) is 17.4 Å². The van der Waals surface area contributed by atoms with Gasteiger partial charge in [-0.25, -0.2) is 4.98 Å². The molecule has 1 saturated heterocycles. The Morgan fingerprint density at radius 1 is 1.80 bits per heavy atom. The van der Waals surface area contributed by atoms with Gasteiger partial charge in [-0.2, -0.15) is 5.26 Å². The van der Waals surface area contributed by atoms with E-state index in [0.717, 1.165) is 0 Å². The maximum Gasteiger partial charge on any atom is 0.229 e. The van der Waals surface area contributed by atoms with E-state index in [1.807, 2.05) is 6.07 Å². The van der Waals surface area contributed by atoms with Gasteiger partial charge >= 0.3 is 0 Å². The summed E-state index contributed by atoms with van der Waals surface area (Å²) in [6, 6.07) is 2.01. The second-order valence-corrected chi connectivity index (χ2v) is 4.33. The Balaban J connectivity index is 2.21. The standard InChI is InChI=1S/C10H9N3OS/c1-2-7-3-9(14)13(6-7)10-12-5-8(4-11)15-10/h2,5,7H,1,3,6H2. The van der Waals surface area contributed by atoms with Crippen LogP contribution in [0.15, 0.2) is 18.9 Å². The van der Waals surface area contributed by atoms with E-state index >= 15 is 0 Å². The molecule has 1 unspecified atom stereocenters. The number of thiazole rings is 1. The number of nitriles is 1. The Morgan fingerprint density at radius 3 is 3.13 bits per heavy atom. The van der Waals surface area contributed by atoms with Crippen LogP contribution in [-0.2, 0) is 4.79 Å². The molecule has 0 aromatic carbocycles. The summed E-state index contributed by atoms with van der Waals surface area (Å²) in [6.45, 7) is 4.30. The predicted molar refractivity (Wildman–Crippen MR) is 57.5 cm³/mol. The van der Waals surface area contributed by atoms with Crippen molar-refractivity contribution in [3.63, 3.8) is 0 Å². The number of carbonyl (C=O) groups excluding carboxylic acids is 1. The number of rotatable bonds is 2. The van der Waals surface area contributed by atoms with E-state index in [-0.39, 0.29) is 11.8 Å². The van der Waals surface area contributed by atoms with E-state index in [4.69, 9.17) is 5.26 Å². The summed E-state index contributed by atoms with van der Waals surface area (Å²) in [5, 5.41) is 9.27. The molecule has 2 heterocycles. The van der Waals surface area contributed by atoms with Crippen molar-refractivity contribution < 1.29 is 4.79 Å². The zero-order valence-electron chi connectivity index (χ0n) is 8.01. The first kappa shape index (κ1) is 9.87. The van der Waals surface area contributed by atoms with Gasteiger partial charge in [-0.3, -0.25) is 9.69 Å². The zero-order valence-corrected chi connectivity index (χ0v) is 8.83. The lowest BCUT2D eigenvalue weighted by molar-refractivity contribution is -0.117. The molecule has 15 heavy (non-hydrogen) atoms. The lowest BCUT2D eigenvalue weighted by Crippen LogP contribution is -2.23. The van der Waals surface area contributed by atoms with Gasteiger partial charge in [-0.1, -0.05) is 17.4 Å². The van der Waals surface area contributed by atoms with E-state index in [2.05, 4.69) is 11.6 Å². The van der Waals surface area contributed by atoms with E-state index < -0.39 is 0 Å². The first-order chi connectivity index (χ1) is 7.24. The molecule has 0 radical (unpaired) electrons. The van der Waals surface area contributed by atoms with E-state index in [1.165, 1.54) is 17.5 Å². The van der Waals surface area contributed by atoms with Crippen LogP contribution in [0.25, 0.3) is 0 Å². The lowest BCUT2D eigenvalue weighted by Gasteiger charge is -2.10. The van der Waals surface area contributed by atoms with Gasteiger partial charge < -0.3 is 0 Å². The maximum absolute atomic E-state index is 11.6. The third-order valence-corrected chi connectivity index (χ3v) is 3.25. The fraction of sp³-hybridized carbons (Fsp3) is 0.300. The van der Waals surface area contributed by atoms with Crippen molar-refractivity contribution >= 4 is 22.4 Å². The number of amides is 1. The molecule has 1 fully saturated rings. The first-order valence-corrected chi connectivity index (χ1v) is 5.35. The van der Waals surface area contributed by atoms with Gasteiger partial charge in [0.15, 0.2) is 5.13 Å². The van der Waals surface area contributed by atoms with Gasteiger partial charge in [0.05, 0.1) is 6.20 Å². The molecule has 1 aliphatic rings. The maximum atomic E-state index is 11.6. The molecule has 76 valence electrons. The zero-order chi connectivity index (χ0) is 10.8. The summed E-state index contributed by atoms with van der Waals surface area (Å²) in [4.78, 5) is 17.8. The first-order valence-electron chi connectivity index (χ1n) is 4.53. The van der Waals surface area contributed by atoms with Crippen molar-refractivity contribution in [1.29, 1.82) is 5.26 Å². The highest BCUT2D eigenvalue weighted by Gasteiger charge is 2.30. The van der Waals surface area contributed by atoms with Gasteiger partial charge in [-0.15, -0.1) is 6.58 Å². The average Bonchev–Trinajstić information content (AvgIpc) is 2.83. The molecule has 0 bridgehead atoms. The molecule has 0 aliphatic carbocycles. The highest BCUT2D eigenvalue weighted by molar-refractivity contribution is 7.16. The number of hydrogen-bond acceptors (Lipinski definition) is 4. The number of aromatic nitrogens is 1. The summed E-state index contributed by atoms with van der Waals surface area (Å²) in [5.74, 6) is 0.255. The van der Waals surface area contributed by atoms with Crippen LogP contribution in [0.1, 0.15) is 11.3 Å². The molecule has 0 saturated carbocycles. The second kappa shape index (κ2) is 3.83. The Kier molecular flexibility index (Phi) is 2.52. The molecule has 1 aromatic rings. The third-order valence-electron chi connectivity index (χ3n) is 2.32. The van der Waals surface area contributed by atoms with Gasteiger partial charge in [-0.05, 0) is 0 Å². The minimum Gasteiger partial charge on any atom is -0.287 e. The number of hydrogen-bond donors (Lipinski definition) is 0. The van der Waals surface area contributed by atoms with Crippen molar-refractivity contribution in [2.75, 3.05) is 11.4 Å². The summed E-state index contributed by atoms with van der Waals surface area (Å²) in [5.41, 5.74) is 0. The molecule has 0 spiro atoms. The quantitative estimate of drug-likeness (QED) is 0.709. The summed E-state index contributed by atoms with van der Waals surface area (Å²) in [6.07, 6.45) is 3.77. The molecule has 1 atom stereocenters. The molecule has 2 rings (SSSR count). The van der Waals surface area contributed by atoms with E-state index in [1.54, 1.807) is 11.0 Å². The molecular formula is C10H9N3OS. The van der Waals surface area contributed by atoms with Crippen molar-refractivity contribution in [2.24, 2.45) is 5.92 Å². The summed E-state index contributed by atoms with van der Waals surface area (Å²) >= 11 is 1.24. The fourth-order valence-electron chi connectivity index (χ4n) is 1.52. The summed E-state index contributed by atoms with van der Waals surface area (Å²) < 4.78 is 0. The van der Waals surface area contributed by atoms with Crippen LogP contribution < -0.4 is 4.90 Å². The van der Waals surface area contributed by atoms with Crippen LogP contribution in [0.2, 0.25) is 0 Å². The van der Waals surface area contributed by atoms with Crippen molar-refractivity contribution in [1.82, 2.24) is 4.98 Å². The largest absolute Gasteiger partial charge is 0.287 e. The number of nitrogens with zero attached hydrogens (tertiary/aromatic N) is 3. The van der Waals surface area contributed by atoms with Crippen molar-refractivity contribution in [2.45, 2.75) is 6.42 Å². The number of carbonyl (C=O) groups is 1. The Labute approximate surface area is 91.5 Å². The lowest BCUT2D eigenvalue weighted by atomic mass is 10.1. The molecular weight excluding hydrogens is 210 g/mol. The van der Waals surface area contributed by atoms with Gasteiger partial charge in [0.25, 0.3) is 0 Å². The molecule has 5 heteroatoms. The Bertz CT molecular complexity index is 446. The highest BCUT2D eigenvalue weighted by Crippen LogP contribution is 2.28. The SMILES string of the molecule is C=CC1CC(=O)N(c2ncc(C#N)s2)C1. The number of anilines is 1. The van der Waals surface area contributed by atoms with Gasteiger partial charge in [0.1, 0.15) is 10.9 Å². The second-order valence-electron chi connectivity index (χ2n) is 3.32. The van der Waals surface area contributed by atoms with Crippen LogP contribution >= 0.6 is 11.3 Å². The summed E-state index contributed by atoms with van der Waals surface area (Å²) in [7, 11) is 0. The molecule has 1 amide bonds. The van der Waals surface area contributed by atoms with Crippen molar-refractivity contribution in [3.8, 4) is 6.07 Å². The topological polar surface area (TPSA) is 57.0 Å². The van der Waals surface area contributed by atoms with Gasteiger partial charge in [0, 0.05) is 18.9 Å². The van der Waals surface area contributed by atoms with Crippen LogP contribution in [0.5, 0.6) is 0 Å². The normalized spacial score (nSPS) is 20.3. The van der Waals surface area contributed by atoms with E-state index in [0.29, 0.717) is 23.0 Å². The third kappa shape index (κ3) is 1.76. The van der Waals surface area contributed by atoms with Crippen LogP contribution in [0, 0.1) is 17.2 Å². The molecule has 0 N–H and O–H groups in total. The molecule has 4 nitrogen and oxygen atoms in total. The minimum absolute atomic E-state index is 0.0544. The Morgan fingerprint density at radius 2 is 2.60 bits per heavy atom. The predicted octanol–water partition coefficient (Wildman–Crippen LogP) is 1.55. The van der Waals surface area contributed by atoms with Crippen LogP contribution in [0.3, 0.4) is 0 Å². The van der Waals surface area contributed by atoms with Crippen molar-refractivity contribution in [3.05, 3.63) is 23.7 Å². The monoisotopic (exact) mass is 219 g/mol. The Hall–Kier alpha value is -1.67. The minimum atomic E-state index is 0.0544. The van der Waals surface area contributed by atoms with Gasteiger partial charge in [0.2, 0.25) is 5.91 Å². The highest BCUT2D eigenvalue weighted by atomic mass is 32.1. The fourth-order valence-corrected chi connectivity index (χ4v) is 2.26. The average molecular weight is 219 g/mol. The van der Waals surface area contributed by atoms with E-state index in [9.17, 15) is 4.79 Å². The molecule has 1 aliphatic heterocycles.